The first-order chi connectivity index (χ1) is 3.65. The van der Waals surface area contributed by atoms with Crippen molar-refractivity contribution in [3.05, 3.63) is 0 Å². The third-order valence-corrected chi connectivity index (χ3v) is 0.671. The Bertz CT molecular complexity index is 62.7. The van der Waals surface area contributed by atoms with Gasteiger partial charge in [0.1, 0.15) is 0 Å². The second-order valence-electron chi connectivity index (χ2n) is 1.24. The summed E-state index contributed by atoms with van der Waals surface area (Å²) in [4.78, 5) is 9.00. The molecule has 62 valence electrons. The number of thiol groups is 1. The van der Waals surface area contributed by atoms with Crippen LogP contribution in [0.2, 0.25) is 0 Å². The molecule has 0 radical (unpaired) electrons. The number of hydrogen-bond acceptors (Lipinski definition) is 2. The molecule has 0 unspecified atom stereocenters. The zero-order chi connectivity index (χ0) is 6.99. The minimum atomic E-state index is -0.833. The Morgan fingerprint density at radius 1 is 1.70 bits per heavy atom. The maximum Gasteiger partial charge on any atom is 2.00 e. The van der Waals surface area contributed by atoms with Crippen LogP contribution in [0.3, 0.4) is 0 Å². The van der Waals surface area contributed by atoms with Crippen molar-refractivity contribution in [1.29, 1.82) is 0 Å². The van der Waals surface area contributed by atoms with Gasteiger partial charge in [-0.2, -0.15) is 12.6 Å². The summed E-state index contributed by atoms with van der Waals surface area (Å²) in [5.41, 5.74) is 0. The van der Waals surface area contributed by atoms with E-state index in [0.717, 1.165) is 12.7 Å². The van der Waals surface area contributed by atoms with E-state index < -0.39 is 5.97 Å². The molecule has 3 N–H and O–H groups in total. The molecule has 0 fully saturated rings. The Morgan fingerprint density at radius 2 is 1.80 bits per heavy atom. The summed E-state index contributed by atoms with van der Waals surface area (Å²) in [5, 5.41) is 7.42. The van der Waals surface area contributed by atoms with Gasteiger partial charge >= 0.3 is 23.1 Å². The van der Waals surface area contributed by atoms with Crippen molar-refractivity contribution in [1.82, 2.24) is 0 Å². The van der Waals surface area contributed by atoms with Crippen LogP contribution in [0.1, 0.15) is 23.1 Å². The van der Waals surface area contributed by atoms with E-state index in [0.29, 0.717) is 0 Å². The van der Waals surface area contributed by atoms with Crippen LogP contribution < -0.4 is 0 Å². The fraction of sp³-hybridized carbons (Fsp3) is 0.800. The fourth-order valence-corrected chi connectivity index (χ4v) is 0. The van der Waals surface area contributed by atoms with E-state index in [9.17, 15) is 0 Å². The van der Waals surface area contributed by atoms with Gasteiger partial charge in [-0.25, -0.2) is 0 Å². The van der Waals surface area contributed by atoms with E-state index in [2.05, 4.69) is 19.6 Å². The first kappa shape index (κ1) is 22.4. The van der Waals surface area contributed by atoms with E-state index in [1.165, 1.54) is 6.42 Å². The maximum absolute atomic E-state index is 9.00. The van der Waals surface area contributed by atoms with E-state index in [4.69, 9.17) is 9.90 Å². The van der Waals surface area contributed by atoms with Gasteiger partial charge in [-0.3, -0.25) is 4.79 Å². The summed E-state index contributed by atoms with van der Waals surface area (Å²) in [6.07, 6.45) is 1.18. The Hall–Kier alpha value is 0.546. The van der Waals surface area contributed by atoms with E-state index in [1.807, 2.05) is 0 Å². The molecule has 0 saturated carbocycles. The van der Waals surface area contributed by atoms with Crippen molar-refractivity contribution in [3.8, 4) is 0 Å². The normalized spacial score (nSPS) is 5.50. The molecule has 10 heavy (non-hydrogen) atoms. The predicted molar refractivity (Wildman–Crippen MR) is 49.0 cm³/mol. The Balaban J connectivity index is -0.0000000112. The van der Waals surface area contributed by atoms with Crippen molar-refractivity contribution >= 4 is 41.7 Å². The molecule has 0 rings (SSSR count). The average molecular weight is 181 g/mol. The smallest absolute Gasteiger partial charge is 1.00 e. The SMILES string of the molecule is CC(=O)O.CCCS.O.[H-].[H-].[Mg+2]. The predicted octanol–water partition coefficient (Wildman–Crippen LogP) is 0.437. The van der Waals surface area contributed by atoms with Crippen LogP contribution in [0.4, 0.5) is 0 Å². The third-order valence-electron chi connectivity index (χ3n) is 0.224. The molecule has 0 atom stereocenters. The number of carboxylic acids is 1. The van der Waals surface area contributed by atoms with Crippen LogP contribution in [0.25, 0.3) is 0 Å². The van der Waals surface area contributed by atoms with Gasteiger partial charge in [0, 0.05) is 6.92 Å². The number of carbonyl (C=O) groups is 1. The molecule has 0 aliphatic carbocycles. The first-order valence-electron chi connectivity index (χ1n) is 2.45. The van der Waals surface area contributed by atoms with Crippen LogP contribution in [0, 0.1) is 0 Å². The summed E-state index contributed by atoms with van der Waals surface area (Å²) in [6.45, 7) is 3.19. The largest absolute Gasteiger partial charge is 2.00 e. The average Bonchev–Trinajstić information content (AvgIpc) is 1.65. The summed E-state index contributed by atoms with van der Waals surface area (Å²) in [7, 11) is 0. The van der Waals surface area contributed by atoms with Gasteiger partial charge in [0.05, 0.1) is 0 Å². The quantitative estimate of drug-likeness (QED) is 0.454. The van der Waals surface area contributed by atoms with E-state index in [1.54, 1.807) is 0 Å². The minimum absolute atomic E-state index is 0. The van der Waals surface area contributed by atoms with Crippen LogP contribution in [-0.2, 0) is 4.79 Å². The number of rotatable bonds is 1. The first-order valence-corrected chi connectivity index (χ1v) is 3.08. The van der Waals surface area contributed by atoms with Crippen molar-refractivity contribution in [2.24, 2.45) is 0 Å². The van der Waals surface area contributed by atoms with Crippen molar-refractivity contribution in [2.45, 2.75) is 20.3 Å². The molecule has 0 saturated heterocycles. The topological polar surface area (TPSA) is 68.8 Å². The molecule has 0 aliphatic rings. The van der Waals surface area contributed by atoms with Crippen LogP contribution in [0.15, 0.2) is 0 Å². The summed E-state index contributed by atoms with van der Waals surface area (Å²) >= 11 is 3.92. The molecule has 0 aromatic heterocycles. The molecule has 0 spiro atoms. The van der Waals surface area contributed by atoms with Gasteiger partial charge < -0.3 is 13.4 Å². The fourth-order valence-electron chi connectivity index (χ4n) is 0. The van der Waals surface area contributed by atoms with Gasteiger partial charge in [0.15, 0.2) is 0 Å². The molecule has 0 aromatic carbocycles. The molecule has 5 heteroatoms. The molecular formula is C5H16MgO3S. The van der Waals surface area contributed by atoms with Crippen molar-refractivity contribution in [3.63, 3.8) is 0 Å². The van der Waals surface area contributed by atoms with Crippen LogP contribution in [-0.4, -0.2) is 45.4 Å². The molecule has 0 aromatic rings. The summed E-state index contributed by atoms with van der Waals surface area (Å²) in [6, 6.07) is 0. The number of hydrogen-bond donors (Lipinski definition) is 2. The van der Waals surface area contributed by atoms with Gasteiger partial charge in [0.2, 0.25) is 0 Å². The van der Waals surface area contributed by atoms with E-state index in [-0.39, 0.29) is 31.4 Å². The van der Waals surface area contributed by atoms with E-state index >= 15 is 0 Å². The van der Waals surface area contributed by atoms with Gasteiger partial charge in [0.25, 0.3) is 5.97 Å². The van der Waals surface area contributed by atoms with Crippen molar-refractivity contribution < 1.29 is 18.2 Å². The van der Waals surface area contributed by atoms with Gasteiger partial charge in [-0.15, -0.1) is 0 Å². The summed E-state index contributed by atoms with van der Waals surface area (Å²) < 4.78 is 0. The van der Waals surface area contributed by atoms with Crippen molar-refractivity contribution in [2.75, 3.05) is 5.75 Å². The Kier molecular flexibility index (Phi) is 50.8. The number of carboxylic acid groups (broad SMARTS) is 1. The standard InChI is InChI=1S/C3H8S.C2H4O2.Mg.H2O.2H/c1-2-3-4;1-2(3)4;;;;/h4H,2-3H2,1H3;1H3,(H,3,4);;1H2;;/q;;+2;;2*-1. The van der Waals surface area contributed by atoms with Crippen LogP contribution >= 0.6 is 12.6 Å². The second-order valence-corrected chi connectivity index (χ2v) is 1.69. The molecule has 0 heterocycles. The zero-order valence-corrected chi connectivity index (χ0v) is 8.73. The number of aliphatic carboxylic acids is 1. The van der Waals surface area contributed by atoms with Gasteiger partial charge in [-0.05, 0) is 12.2 Å². The maximum atomic E-state index is 9.00. The molecule has 0 bridgehead atoms. The van der Waals surface area contributed by atoms with Gasteiger partial charge in [-0.1, -0.05) is 6.92 Å². The molecular weight excluding hydrogens is 164 g/mol. The second kappa shape index (κ2) is 22.7. The Labute approximate surface area is 86.0 Å². The third kappa shape index (κ3) is 204. The minimum Gasteiger partial charge on any atom is -1.00 e. The van der Waals surface area contributed by atoms with Crippen LogP contribution in [0.5, 0.6) is 0 Å². The Morgan fingerprint density at radius 3 is 1.80 bits per heavy atom. The zero-order valence-electron chi connectivity index (χ0n) is 8.42. The molecule has 0 amide bonds. The monoisotopic (exact) mass is 180 g/mol. The molecule has 0 aliphatic heterocycles. The molecule has 3 nitrogen and oxygen atoms in total. The summed E-state index contributed by atoms with van der Waals surface area (Å²) in [5.74, 6) is 0.181.